The molecule has 6 nitrogen and oxygen atoms in total. The van der Waals surface area contributed by atoms with Crippen molar-refractivity contribution in [2.24, 2.45) is 5.84 Å². The molecule has 0 aliphatic carbocycles. The third kappa shape index (κ3) is 3.33. The predicted molar refractivity (Wildman–Crippen MR) is 70.4 cm³/mol. The fraction of sp³-hybridized carbons (Fsp3) is 0.500. The summed E-state index contributed by atoms with van der Waals surface area (Å²) in [5.74, 6) is 5.37. The second-order valence-corrected chi connectivity index (χ2v) is 4.17. The van der Waals surface area contributed by atoms with E-state index in [2.05, 4.69) is 12.3 Å². The van der Waals surface area contributed by atoms with Gasteiger partial charge in [0.25, 0.3) is 5.69 Å². The number of anilines is 1. The molecular formula is C12H19N3O3. The Bertz CT molecular complexity index is 421. The van der Waals surface area contributed by atoms with Crippen LogP contribution in [0.25, 0.3) is 0 Å². The molecule has 18 heavy (non-hydrogen) atoms. The molecule has 0 aromatic heterocycles. The number of aromatic hydroxyl groups is 1. The minimum absolute atomic E-state index is 0.0463. The number of rotatable bonds is 7. The van der Waals surface area contributed by atoms with Gasteiger partial charge in [0.15, 0.2) is 0 Å². The number of benzene rings is 1. The molecule has 0 aliphatic rings. The predicted octanol–water partition coefficient (Wildman–Crippen LogP) is 2.71. The van der Waals surface area contributed by atoms with Crippen LogP contribution in [0.15, 0.2) is 12.1 Å². The topological polar surface area (TPSA) is 101 Å². The fourth-order valence-corrected chi connectivity index (χ4v) is 1.92. The van der Waals surface area contributed by atoms with Gasteiger partial charge in [-0.15, -0.1) is 0 Å². The van der Waals surface area contributed by atoms with Gasteiger partial charge in [0, 0.05) is 11.6 Å². The number of phenolic OH excluding ortho intramolecular Hbond substituents is 1. The van der Waals surface area contributed by atoms with Gasteiger partial charge in [-0.05, 0) is 18.9 Å². The molecule has 0 saturated carbocycles. The summed E-state index contributed by atoms with van der Waals surface area (Å²) in [6.45, 7) is 2.11. The number of nitrogens with zero attached hydrogens (tertiary/aromatic N) is 1. The fourth-order valence-electron chi connectivity index (χ4n) is 1.92. The van der Waals surface area contributed by atoms with Crippen molar-refractivity contribution >= 4 is 11.4 Å². The van der Waals surface area contributed by atoms with Crippen LogP contribution in [0.1, 0.15) is 38.2 Å². The molecule has 4 N–H and O–H groups in total. The van der Waals surface area contributed by atoms with E-state index in [1.54, 1.807) is 0 Å². The summed E-state index contributed by atoms with van der Waals surface area (Å²) < 4.78 is 0. The molecule has 6 heteroatoms. The molecule has 0 unspecified atom stereocenters. The zero-order chi connectivity index (χ0) is 13.5. The number of hydrogen-bond acceptors (Lipinski definition) is 5. The summed E-state index contributed by atoms with van der Waals surface area (Å²) in [4.78, 5) is 10.3. The average Bonchev–Trinajstić information content (AvgIpc) is 2.35. The molecular weight excluding hydrogens is 234 g/mol. The lowest BCUT2D eigenvalue weighted by molar-refractivity contribution is -0.384. The first-order valence-corrected chi connectivity index (χ1v) is 6.07. The van der Waals surface area contributed by atoms with E-state index >= 15 is 0 Å². The Labute approximate surface area is 106 Å². The van der Waals surface area contributed by atoms with Crippen LogP contribution in [-0.4, -0.2) is 10.0 Å². The summed E-state index contributed by atoms with van der Waals surface area (Å²) in [6.07, 6.45) is 4.71. The molecule has 0 fully saturated rings. The molecule has 0 saturated heterocycles. The molecule has 100 valence electrons. The Morgan fingerprint density at radius 1 is 1.39 bits per heavy atom. The zero-order valence-corrected chi connectivity index (χ0v) is 10.5. The van der Waals surface area contributed by atoms with Gasteiger partial charge in [0.1, 0.15) is 11.4 Å². The third-order valence-electron chi connectivity index (χ3n) is 2.89. The summed E-state index contributed by atoms with van der Waals surface area (Å²) in [6, 6.07) is 2.59. The molecule has 0 bridgehead atoms. The van der Waals surface area contributed by atoms with Crippen LogP contribution < -0.4 is 11.3 Å². The Morgan fingerprint density at radius 3 is 2.67 bits per heavy atom. The number of nitro groups is 1. The number of nitro benzene ring substituents is 1. The van der Waals surface area contributed by atoms with E-state index < -0.39 is 4.92 Å². The highest BCUT2D eigenvalue weighted by molar-refractivity contribution is 5.69. The number of nitrogen functional groups attached to an aromatic ring is 1. The number of phenols is 1. The van der Waals surface area contributed by atoms with Crippen LogP contribution in [0.2, 0.25) is 0 Å². The van der Waals surface area contributed by atoms with Crippen molar-refractivity contribution in [3.63, 3.8) is 0 Å². The molecule has 1 aromatic carbocycles. The second kappa shape index (κ2) is 6.80. The molecule has 1 rings (SSSR count). The lowest BCUT2D eigenvalue weighted by atomic mass is 10.0. The van der Waals surface area contributed by atoms with Gasteiger partial charge in [-0.3, -0.25) is 16.0 Å². The molecule has 0 amide bonds. The van der Waals surface area contributed by atoms with Crippen molar-refractivity contribution in [1.29, 1.82) is 0 Å². The van der Waals surface area contributed by atoms with Crippen LogP contribution in [0.5, 0.6) is 5.75 Å². The van der Waals surface area contributed by atoms with E-state index in [0.29, 0.717) is 12.0 Å². The van der Waals surface area contributed by atoms with Gasteiger partial charge < -0.3 is 10.5 Å². The van der Waals surface area contributed by atoms with Crippen molar-refractivity contribution in [1.82, 2.24) is 0 Å². The van der Waals surface area contributed by atoms with Crippen LogP contribution in [0.3, 0.4) is 0 Å². The summed E-state index contributed by atoms with van der Waals surface area (Å²) in [5.41, 5.74) is 2.94. The van der Waals surface area contributed by atoms with Gasteiger partial charge in [-0.25, -0.2) is 0 Å². The van der Waals surface area contributed by atoms with E-state index in [0.717, 1.165) is 25.7 Å². The molecule has 0 aliphatic heterocycles. The van der Waals surface area contributed by atoms with E-state index in [-0.39, 0.29) is 17.1 Å². The lowest BCUT2D eigenvalue weighted by Crippen LogP contribution is -2.12. The Balaban J connectivity index is 2.93. The van der Waals surface area contributed by atoms with Crippen LogP contribution in [0.4, 0.5) is 11.4 Å². The summed E-state index contributed by atoms with van der Waals surface area (Å²) in [5, 5.41) is 20.6. The monoisotopic (exact) mass is 253 g/mol. The van der Waals surface area contributed by atoms with Gasteiger partial charge in [-0.1, -0.05) is 26.2 Å². The second-order valence-electron chi connectivity index (χ2n) is 4.17. The quantitative estimate of drug-likeness (QED) is 0.300. The Kier molecular flexibility index (Phi) is 5.38. The number of hydrogen-bond donors (Lipinski definition) is 3. The van der Waals surface area contributed by atoms with Crippen LogP contribution in [0, 0.1) is 10.1 Å². The minimum Gasteiger partial charge on any atom is -0.508 e. The minimum atomic E-state index is -0.510. The van der Waals surface area contributed by atoms with E-state index in [9.17, 15) is 15.2 Å². The van der Waals surface area contributed by atoms with Gasteiger partial charge >= 0.3 is 0 Å². The first kappa shape index (κ1) is 14.2. The van der Waals surface area contributed by atoms with Crippen LogP contribution >= 0.6 is 0 Å². The third-order valence-corrected chi connectivity index (χ3v) is 2.89. The van der Waals surface area contributed by atoms with Crippen molar-refractivity contribution in [3.8, 4) is 5.75 Å². The number of unbranched alkanes of at least 4 members (excludes halogenated alkanes) is 3. The maximum atomic E-state index is 10.8. The SMILES string of the molecule is CCCCCCc1c(O)ccc([N+](=O)[O-])c1NN. The van der Waals surface area contributed by atoms with E-state index in [1.807, 2.05) is 0 Å². The molecule has 0 radical (unpaired) electrons. The number of nitrogens with two attached hydrogens (primary N) is 1. The maximum Gasteiger partial charge on any atom is 0.294 e. The molecule has 0 heterocycles. The molecule has 0 atom stereocenters. The van der Waals surface area contributed by atoms with E-state index in [1.165, 1.54) is 12.1 Å². The van der Waals surface area contributed by atoms with Crippen LogP contribution in [-0.2, 0) is 6.42 Å². The van der Waals surface area contributed by atoms with Gasteiger partial charge in [-0.2, -0.15) is 0 Å². The first-order valence-electron chi connectivity index (χ1n) is 6.07. The maximum absolute atomic E-state index is 10.8. The normalized spacial score (nSPS) is 10.3. The molecule has 1 aromatic rings. The Hall–Kier alpha value is -1.82. The van der Waals surface area contributed by atoms with Crippen molar-refractivity contribution in [2.75, 3.05) is 5.43 Å². The molecule has 0 spiro atoms. The van der Waals surface area contributed by atoms with Gasteiger partial charge in [0.2, 0.25) is 0 Å². The van der Waals surface area contributed by atoms with Crippen molar-refractivity contribution < 1.29 is 10.0 Å². The standard InChI is InChI=1S/C12H19N3O3/c1-2-3-4-5-6-9-11(16)8-7-10(15(17)18)12(9)14-13/h7-8,14,16H,2-6,13H2,1H3. The smallest absolute Gasteiger partial charge is 0.294 e. The lowest BCUT2D eigenvalue weighted by Gasteiger charge is -2.11. The first-order chi connectivity index (χ1) is 8.61. The zero-order valence-electron chi connectivity index (χ0n) is 10.5. The highest BCUT2D eigenvalue weighted by Crippen LogP contribution is 2.35. The van der Waals surface area contributed by atoms with Crippen molar-refractivity contribution in [2.45, 2.75) is 39.0 Å². The van der Waals surface area contributed by atoms with Gasteiger partial charge in [0.05, 0.1) is 4.92 Å². The largest absolute Gasteiger partial charge is 0.508 e. The van der Waals surface area contributed by atoms with Crippen molar-refractivity contribution in [3.05, 3.63) is 27.8 Å². The number of hydrazine groups is 1. The highest BCUT2D eigenvalue weighted by atomic mass is 16.6. The highest BCUT2D eigenvalue weighted by Gasteiger charge is 2.19. The Morgan fingerprint density at radius 2 is 2.11 bits per heavy atom. The summed E-state index contributed by atoms with van der Waals surface area (Å²) in [7, 11) is 0. The van der Waals surface area contributed by atoms with E-state index in [4.69, 9.17) is 5.84 Å². The summed E-state index contributed by atoms with van der Waals surface area (Å²) >= 11 is 0. The number of nitrogens with one attached hydrogen (secondary N) is 1. The average molecular weight is 253 g/mol.